The zero-order valence-corrected chi connectivity index (χ0v) is 19.7. The molecule has 1 aromatic heterocycles. The van der Waals surface area contributed by atoms with Gasteiger partial charge < -0.3 is 10.1 Å². The van der Waals surface area contributed by atoms with Crippen LogP contribution >= 0.6 is 27.7 Å². The Balaban J connectivity index is 1.68. The number of halogens is 1. The van der Waals surface area contributed by atoms with Gasteiger partial charge in [-0.2, -0.15) is 0 Å². The SMILES string of the molecule is COCCn1c(SCC(=O)NC(C)c2ccc(Br)cc2)nnc1-c1cccc(C)c1. The molecule has 1 heterocycles. The molecule has 0 aliphatic carbocycles. The minimum Gasteiger partial charge on any atom is -0.383 e. The number of amides is 1. The molecule has 0 saturated carbocycles. The Morgan fingerprint density at radius 3 is 2.70 bits per heavy atom. The minimum atomic E-state index is -0.0691. The first kappa shape index (κ1) is 22.5. The lowest BCUT2D eigenvalue weighted by Gasteiger charge is -2.14. The van der Waals surface area contributed by atoms with Gasteiger partial charge in [0.05, 0.1) is 24.9 Å². The second-order valence-corrected chi connectivity index (χ2v) is 8.81. The van der Waals surface area contributed by atoms with Crippen molar-refractivity contribution in [3.8, 4) is 11.4 Å². The van der Waals surface area contributed by atoms with Gasteiger partial charge in [0.15, 0.2) is 11.0 Å². The first-order valence-electron chi connectivity index (χ1n) is 9.64. The minimum absolute atomic E-state index is 0.0474. The maximum Gasteiger partial charge on any atom is 0.230 e. The summed E-state index contributed by atoms with van der Waals surface area (Å²) in [6, 6.07) is 16.0. The number of rotatable bonds is 9. The summed E-state index contributed by atoms with van der Waals surface area (Å²) in [5, 5.41) is 12.4. The van der Waals surface area contributed by atoms with Crippen LogP contribution in [0.15, 0.2) is 58.2 Å². The molecule has 1 unspecified atom stereocenters. The van der Waals surface area contributed by atoms with Gasteiger partial charge in [0.25, 0.3) is 0 Å². The van der Waals surface area contributed by atoms with E-state index in [0.29, 0.717) is 18.3 Å². The highest BCUT2D eigenvalue weighted by Gasteiger charge is 2.17. The standard InChI is InChI=1S/C22H25BrN4O2S/c1-15-5-4-6-18(13-15)21-25-26-22(27(21)11-12-29-3)30-14-20(28)24-16(2)17-7-9-19(23)10-8-17/h4-10,13,16H,11-12,14H2,1-3H3,(H,24,28). The maximum atomic E-state index is 12.5. The lowest BCUT2D eigenvalue weighted by atomic mass is 10.1. The number of ether oxygens (including phenoxy) is 1. The molecule has 3 aromatic rings. The molecule has 6 nitrogen and oxygen atoms in total. The van der Waals surface area contributed by atoms with Gasteiger partial charge in [-0.3, -0.25) is 9.36 Å². The van der Waals surface area contributed by atoms with Gasteiger partial charge in [-0.05, 0) is 37.6 Å². The van der Waals surface area contributed by atoms with Gasteiger partial charge in [0.2, 0.25) is 5.91 Å². The van der Waals surface area contributed by atoms with Crippen molar-refractivity contribution in [2.24, 2.45) is 0 Å². The number of hydrogen-bond acceptors (Lipinski definition) is 5. The highest BCUT2D eigenvalue weighted by Crippen LogP contribution is 2.25. The number of aryl methyl sites for hydroxylation is 1. The summed E-state index contributed by atoms with van der Waals surface area (Å²) >= 11 is 4.81. The fraction of sp³-hybridized carbons (Fsp3) is 0.318. The molecule has 0 saturated heterocycles. The molecule has 1 amide bonds. The van der Waals surface area contributed by atoms with Gasteiger partial charge >= 0.3 is 0 Å². The molecular formula is C22H25BrN4O2S. The maximum absolute atomic E-state index is 12.5. The molecule has 158 valence electrons. The number of methoxy groups -OCH3 is 1. The second-order valence-electron chi connectivity index (χ2n) is 6.95. The number of carbonyl (C=O) groups excluding carboxylic acids is 1. The van der Waals surface area contributed by atoms with Crippen molar-refractivity contribution in [1.29, 1.82) is 0 Å². The summed E-state index contributed by atoms with van der Waals surface area (Å²) in [5.41, 5.74) is 3.21. The lowest BCUT2D eigenvalue weighted by Crippen LogP contribution is -2.28. The molecular weight excluding hydrogens is 464 g/mol. The molecule has 0 radical (unpaired) electrons. The largest absolute Gasteiger partial charge is 0.383 e. The smallest absolute Gasteiger partial charge is 0.230 e. The van der Waals surface area contributed by atoms with Crippen molar-refractivity contribution in [3.05, 3.63) is 64.1 Å². The number of aromatic nitrogens is 3. The highest BCUT2D eigenvalue weighted by atomic mass is 79.9. The molecule has 1 atom stereocenters. The number of nitrogens with zero attached hydrogens (tertiary/aromatic N) is 3. The Labute approximate surface area is 189 Å². The van der Waals surface area contributed by atoms with E-state index in [1.165, 1.54) is 11.8 Å². The lowest BCUT2D eigenvalue weighted by molar-refractivity contribution is -0.119. The monoisotopic (exact) mass is 488 g/mol. The average Bonchev–Trinajstić information content (AvgIpc) is 3.14. The van der Waals surface area contributed by atoms with E-state index in [0.717, 1.165) is 27.0 Å². The third-order valence-corrected chi connectivity index (χ3v) is 6.09. The summed E-state index contributed by atoms with van der Waals surface area (Å²) < 4.78 is 8.27. The zero-order valence-electron chi connectivity index (χ0n) is 17.3. The van der Waals surface area contributed by atoms with Crippen molar-refractivity contribution < 1.29 is 9.53 Å². The summed E-state index contributed by atoms with van der Waals surface area (Å²) in [7, 11) is 1.67. The second kappa shape index (κ2) is 10.7. The average molecular weight is 489 g/mol. The van der Waals surface area contributed by atoms with E-state index in [1.807, 2.05) is 60.9 Å². The van der Waals surface area contributed by atoms with Crippen molar-refractivity contribution in [2.45, 2.75) is 31.6 Å². The number of benzene rings is 2. The fourth-order valence-corrected chi connectivity index (χ4v) is 4.07. The van der Waals surface area contributed by atoms with E-state index in [4.69, 9.17) is 4.74 Å². The van der Waals surface area contributed by atoms with Gasteiger partial charge in [-0.15, -0.1) is 10.2 Å². The van der Waals surface area contributed by atoms with Gasteiger partial charge in [0, 0.05) is 17.1 Å². The Kier molecular flexibility index (Phi) is 8.07. The van der Waals surface area contributed by atoms with Crippen LogP contribution in [0.2, 0.25) is 0 Å². The van der Waals surface area contributed by atoms with Crippen molar-refractivity contribution >= 4 is 33.6 Å². The van der Waals surface area contributed by atoms with Crippen LogP contribution in [0.25, 0.3) is 11.4 Å². The third-order valence-electron chi connectivity index (χ3n) is 4.59. The van der Waals surface area contributed by atoms with Crippen LogP contribution in [0.5, 0.6) is 0 Å². The number of hydrogen-bond donors (Lipinski definition) is 1. The molecule has 0 bridgehead atoms. The molecule has 8 heteroatoms. The van der Waals surface area contributed by atoms with Crippen LogP contribution in [0.4, 0.5) is 0 Å². The van der Waals surface area contributed by atoms with Gasteiger partial charge in [0.1, 0.15) is 0 Å². The molecule has 0 spiro atoms. The van der Waals surface area contributed by atoms with Crippen LogP contribution < -0.4 is 5.32 Å². The van der Waals surface area contributed by atoms with Crippen molar-refractivity contribution in [2.75, 3.05) is 19.5 Å². The topological polar surface area (TPSA) is 69.0 Å². The van der Waals surface area contributed by atoms with Crippen molar-refractivity contribution in [3.63, 3.8) is 0 Å². The van der Waals surface area contributed by atoms with Crippen molar-refractivity contribution in [1.82, 2.24) is 20.1 Å². The highest BCUT2D eigenvalue weighted by molar-refractivity contribution is 9.10. The Morgan fingerprint density at radius 1 is 1.23 bits per heavy atom. The normalized spacial score (nSPS) is 12.0. The van der Waals surface area contributed by atoms with Crippen LogP contribution in [-0.2, 0) is 16.1 Å². The number of nitrogens with one attached hydrogen (secondary N) is 1. The van der Waals surface area contributed by atoms with Crippen LogP contribution in [0, 0.1) is 6.92 Å². The van der Waals surface area contributed by atoms with Crippen LogP contribution in [-0.4, -0.2) is 40.1 Å². The molecule has 0 aliphatic rings. The predicted octanol–water partition coefficient (Wildman–Crippen LogP) is 4.63. The van der Waals surface area contributed by atoms with E-state index < -0.39 is 0 Å². The Bertz CT molecular complexity index is 991. The molecule has 3 rings (SSSR count). The van der Waals surface area contributed by atoms with E-state index in [1.54, 1.807) is 7.11 Å². The molecule has 0 fully saturated rings. The summed E-state index contributed by atoms with van der Waals surface area (Å²) in [6.07, 6.45) is 0. The summed E-state index contributed by atoms with van der Waals surface area (Å²) in [4.78, 5) is 12.5. The zero-order chi connectivity index (χ0) is 21.5. The first-order chi connectivity index (χ1) is 14.5. The third kappa shape index (κ3) is 5.93. The van der Waals surface area contributed by atoms with E-state index in [-0.39, 0.29) is 17.7 Å². The van der Waals surface area contributed by atoms with Crippen LogP contribution in [0.3, 0.4) is 0 Å². The Hall–Kier alpha value is -2.16. The molecule has 0 aliphatic heterocycles. The summed E-state index contributed by atoms with van der Waals surface area (Å²) in [6.45, 7) is 5.18. The number of carbonyl (C=O) groups is 1. The predicted molar refractivity (Wildman–Crippen MR) is 123 cm³/mol. The molecule has 1 N–H and O–H groups in total. The molecule has 30 heavy (non-hydrogen) atoms. The number of thioether (sulfide) groups is 1. The van der Waals surface area contributed by atoms with E-state index >= 15 is 0 Å². The van der Waals surface area contributed by atoms with Gasteiger partial charge in [-0.25, -0.2) is 0 Å². The quantitative estimate of drug-likeness (QED) is 0.444. The first-order valence-corrected chi connectivity index (χ1v) is 11.4. The Morgan fingerprint density at radius 2 is 2.00 bits per heavy atom. The fourth-order valence-electron chi connectivity index (χ4n) is 3.03. The van der Waals surface area contributed by atoms with Crippen LogP contribution in [0.1, 0.15) is 24.1 Å². The van der Waals surface area contributed by atoms with E-state index in [2.05, 4.69) is 37.5 Å². The van der Waals surface area contributed by atoms with Gasteiger partial charge in [-0.1, -0.05) is 63.6 Å². The summed E-state index contributed by atoms with van der Waals surface area (Å²) in [5.74, 6) is 0.996. The molecule has 2 aromatic carbocycles. The van der Waals surface area contributed by atoms with E-state index in [9.17, 15) is 4.79 Å².